The molecule has 0 saturated carbocycles. The Morgan fingerprint density at radius 3 is 2.94 bits per heavy atom. The van der Waals surface area contributed by atoms with Crippen molar-refractivity contribution in [3.8, 4) is 0 Å². The predicted octanol–water partition coefficient (Wildman–Crippen LogP) is 2.65. The van der Waals surface area contributed by atoms with Gasteiger partial charge >= 0.3 is 5.97 Å². The van der Waals surface area contributed by atoms with E-state index in [4.69, 9.17) is 0 Å². The third kappa shape index (κ3) is 3.33. The summed E-state index contributed by atoms with van der Waals surface area (Å²) < 4.78 is 5.54. The van der Waals surface area contributed by atoms with Crippen molar-refractivity contribution in [2.75, 3.05) is 7.11 Å². The Bertz CT molecular complexity index is 541. The molecular formula is C11H10BrN3O2S. The molecule has 7 heteroatoms. The van der Waals surface area contributed by atoms with Crippen molar-refractivity contribution >= 4 is 33.7 Å². The first-order chi connectivity index (χ1) is 8.69. The van der Waals surface area contributed by atoms with E-state index in [-0.39, 0.29) is 0 Å². The first-order valence-corrected chi connectivity index (χ1v) is 6.83. The van der Waals surface area contributed by atoms with Crippen molar-refractivity contribution in [1.82, 2.24) is 15.0 Å². The Kier molecular flexibility index (Phi) is 4.38. The number of aromatic nitrogens is 3. The van der Waals surface area contributed by atoms with Gasteiger partial charge in [-0.2, -0.15) is 0 Å². The van der Waals surface area contributed by atoms with E-state index in [1.807, 2.05) is 12.1 Å². The fourth-order valence-corrected chi connectivity index (χ4v) is 2.22. The Morgan fingerprint density at radius 2 is 2.28 bits per heavy atom. The number of hydrogen-bond acceptors (Lipinski definition) is 5. The van der Waals surface area contributed by atoms with Crippen molar-refractivity contribution in [1.29, 1.82) is 0 Å². The van der Waals surface area contributed by atoms with Crippen LogP contribution in [0.4, 0.5) is 0 Å². The van der Waals surface area contributed by atoms with Crippen molar-refractivity contribution in [3.63, 3.8) is 0 Å². The summed E-state index contributed by atoms with van der Waals surface area (Å²) in [4.78, 5) is 22.4. The molecule has 0 aliphatic rings. The fraction of sp³-hybridized carbons (Fsp3) is 0.182. The Hall–Kier alpha value is -1.34. The lowest BCUT2D eigenvalue weighted by Gasteiger charge is -1.98. The zero-order chi connectivity index (χ0) is 13.0. The molecule has 2 aromatic heterocycles. The van der Waals surface area contributed by atoms with Gasteiger partial charge in [-0.3, -0.25) is 4.98 Å². The third-order valence-corrected chi connectivity index (χ3v) is 3.49. The molecule has 5 nitrogen and oxygen atoms in total. The van der Waals surface area contributed by atoms with Gasteiger partial charge in [0.1, 0.15) is 5.69 Å². The van der Waals surface area contributed by atoms with Gasteiger partial charge in [0.05, 0.1) is 19.0 Å². The summed E-state index contributed by atoms with van der Waals surface area (Å²) in [5, 5.41) is 0.667. The van der Waals surface area contributed by atoms with Crippen molar-refractivity contribution in [2.45, 2.75) is 10.9 Å². The minimum atomic E-state index is -0.420. The summed E-state index contributed by atoms with van der Waals surface area (Å²) in [6, 6.07) is 3.87. The normalized spacial score (nSPS) is 10.3. The molecule has 2 heterocycles. The van der Waals surface area contributed by atoms with Gasteiger partial charge in [-0.1, -0.05) is 11.8 Å². The van der Waals surface area contributed by atoms with Crippen LogP contribution in [-0.4, -0.2) is 28.0 Å². The van der Waals surface area contributed by atoms with Crippen molar-refractivity contribution in [2.24, 2.45) is 0 Å². The van der Waals surface area contributed by atoms with E-state index in [0.29, 0.717) is 16.6 Å². The van der Waals surface area contributed by atoms with Crippen LogP contribution in [0.25, 0.3) is 0 Å². The number of esters is 1. The number of aromatic amines is 1. The number of pyridine rings is 1. The lowest BCUT2D eigenvalue weighted by atomic mass is 10.4. The molecule has 0 spiro atoms. The van der Waals surface area contributed by atoms with E-state index in [2.05, 4.69) is 35.6 Å². The SMILES string of the molecule is COC(=O)c1cnc(SCc2ccc(Br)cn2)[nH]1. The highest BCUT2D eigenvalue weighted by Crippen LogP contribution is 2.19. The lowest BCUT2D eigenvalue weighted by Crippen LogP contribution is -2.00. The van der Waals surface area contributed by atoms with Gasteiger partial charge in [-0.15, -0.1) is 0 Å². The fourth-order valence-electron chi connectivity index (χ4n) is 1.22. The van der Waals surface area contributed by atoms with Crippen LogP contribution in [0, 0.1) is 0 Å². The molecule has 0 aliphatic carbocycles. The maximum absolute atomic E-state index is 11.2. The van der Waals surface area contributed by atoms with Crippen molar-refractivity contribution < 1.29 is 9.53 Å². The molecule has 0 amide bonds. The molecule has 0 radical (unpaired) electrons. The van der Waals surface area contributed by atoms with Crippen LogP contribution in [-0.2, 0) is 10.5 Å². The number of carbonyl (C=O) groups is 1. The quantitative estimate of drug-likeness (QED) is 0.690. The van der Waals surface area contributed by atoms with E-state index in [9.17, 15) is 4.79 Å². The highest BCUT2D eigenvalue weighted by Gasteiger charge is 2.09. The number of carbonyl (C=O) groups excluding carboxylic acids is 1. The van der Waals surface area contributed by atoms with E-state index in [1.54, 1.807) is 6.20 Å². The number of methoxy groups -OCH3 is 1. The summed E-state index contributed by atoms with van der Waals surface area (Å²) in [7, 11) is 1.34. The first-order valence-electron chi connectivity index (χ1n) is 5.05. The van der Waals surface area contributed by atoms with Crippen LogP contribution in [0.2, 0.25) is 0 Å². The minimum Gasteiger partial charge on any atom is -0.464 e. The minimum absolute atomic E-state index is 0.351. The van der Waals surface area contributed by atoms with Gasteiger partial charge in [0.25, 0.3) is 0 Å². The predicted molar refractivity (Wildman–Crippen MR) is 71.4 cm³/mol. The van der Waals surface area contributed by atoms with Crippen molar-refractivity contribution in [3.05, 3.63) is 40.4 Å². The molecule has 2 rings (SSSR count). The maximum Gasteiger partial charge on any atom is 0.356 e. The molecule has 0 fully saturated rings. The largest absolute Gasteiger partial charge is 0.464 e. The van der Waals surface area contributed by atoms with Crippen LogP contribution in [0.1, 0.15) is 16.2 Å². The van der Waals surface area contributed by atoms with E-state index >= 15 is 0 Å². The molecule has 0 aromatic carbocycles. The highest BCUT2D eigenvalue weighted by molar-refractivity contribution is 9.10. The Morgan fingerprint density at radius 1 is 1.44 bits per heavy atom. The van der Waals surface area contributed by atoms with E-state index in [1.165, 1.54) is 25.1 Å². The topological polar surface area (TPSA) is 67.9 Å². The molecule has 0 atom stereocenters. The Labute approximate surface area is 116 Å². The molecule has 0 bridgehead atoms. The van der Waals surface area contributed by atoms with Crippen LogP contribution in [0.5, 0.6) is 0 Å². The van der Waals surface area contributed by atoms with Gasteiger partial charge in [-0.25, -0.2) is 9.78 Å². The first kappa shape index (κ1) is 13.1. The van der Waals surface area contributed by atoms with Gasteiger partial charge in [-0.05, 0) is 28.1 Å². The molecule has 0 aliphatic heterocycles. The summed E-state index contributed by atoms with van der Waals surface area (Å²) in [6.45, 7) is 0. The molecule has 0 saturated heterocycles. The Balaban J connectivity index is 1.96. The molecule has 0 unspecified atom stereocenters. The number of H-pyrrole nitrogens is 1. The summed E-state index contributed by atoms with van der Waals surface area (Å²) in [6.07, 6.45) is 3.21. The van der Waals surface area contributed by atoms with Crippen LogP contribution in [0.3, 0.4) is 0 Å². The molecule has 2 aromatic rings. The smallest absolute Gasteiger partial charge is 0.356 e. The van der Waals surface area contributed by atoms with Gasteiger partial charge in [0, 0.05) is 16.4 Å². The van der Waals surface area contributed by atoms with Gasteiger partial charge in [0.2, 0.25) is 0 Å². The zero-order valence-electron chi connectivity index (χ0n) is 9.51. The van der Waals surface area contributed by atoms with Gasteiger partial charge < -0.3 is 9.72 Å². The molecule has 1 N–H and O–H groups in total. The number of rotatable bonds is 4. The van der Waals surface area contributed by atoms with Crippen LogP contribution >= 0.6 is 27.7 Å². The molecule has 94 valence electrons. The van der Waals surface area contributed by atoms with Crippen LogP contribution in [0.15, 0.2) is 34.2 Å². The number of nitrogens with one attached hydrogen (secondary N) is 1. The second-order valence-electron chi connectivity index (χ2n) is 3.35. The highest BCUT2D eigenvalue weighted by atomic mass is 79.9. The number of halogens is 1. The summed E-state index contributed by atoms with van der Waals surface area (Å²) in [5.41, 5.74) is 1.29. The number of ether oxygens (including phenoxy) is 1. The second-order valence-corrected chi connectivity index (χ2v) is 5.23. The number of nitrogens with zero attached hydrogens (tertiary/aromatic N) is 2. The number of imidazole rings is 1. The lowest BCUT2D eigenvalue weighted by molar-refractivity contribution is 0.0594. The van der Waals surface area contributed by atoms with E-state index in [0.717, 1.165) is 10.2 Å². The van der Waals surface area contributed by atoms with Crippen LogP contribution < -0.4 is 0 Å². The average Bonchev–Trinajstić information content (AvgIpc) is 2.86. The zero-order valence-corrected chi connectivity index (χ0v) is 11.9. The maximum atomic E-state index is 11.2. The average molecular weight is 328 g/mol. The van der Waals surface area contributed by atoms with Gasteiger partial charge in [0.15, 0.2) is 5.16 Å². The molecular weight excluding hydrogens is 318 g/mol. The van der Waals surface area contributed by atoms with E-state index < -0.39 is 5.97 Å². The molecule has 18 heavy (non-hydrogen) atoms. The monoisotopic (exact) mass is 327 g/mol. The summed E-state index contributed by atoms with van der Waals surface area (Å²) >= 11 is 4.81. The number of hydrogen-bond donors (Lipinski definition) is 1. The second kappa shape index (κ2) is 6.01. The summed E-state index contributed by atoms with van der Waals surface area (Å²) in [5.74, 6) is 0.262. The standard InChI is InChI=1S/C11H10BrN3O2S/c1-17-10(16)9-5-14-11(15-9)18-6-8-3-2-7(12)4-13-8/h2-5H,6H2,1H3,(H,14,15). The third-order valence-electron chi connectivity index (χ3n) is 2.10. The number of thioether (sulfide) groups is 1.